The molecule has 0 aliphatic heterocycles. The quantitative estimate of drug-likeness (QED) is 0.892. The topological polar surface area (TPSA) is 37.8 Å². The first kappa shape index (κ1) is 14.7. The molecule has 1 heterocycles. The summed E-state index contributed by atoms with van der Waals surface area (Å²) in [7, 11) is 0. The molecule has 0 bridgehead atoms. The van der Waals surface area contributed by atoms with E-state index in [-0.39, 0.29) is 5.82 Å². The van der Waals surface area contributed by atoms with Gasteiger partial charge in [-0.1, -0.05) is 18.5 Å². The Kier molecular flexibility index (Phi) is 4.90. The fraction of sp³-hybridized carbons (Fsp3) is 0.333. The summed E-state index contributed by atoms with van der Waals surface area (Å²) in [6.07, 6.45) is 1.76. The van der Waals surface area contributed by atoms with Crippen molar-refractivity contribution >= 4 is 17.4 Å². The Balaban J connectivity index is 2.48. The maximum Gasteiger partial charge on any atom is 0.131 e. The molecule has 106 valence electrons. The molecule has 0 aliphatic carbocycles. The lowest BCUT2D eigenvalue weighted by molar-refractivity contribution is 0.628. The van der Waals surface area contributed by atoms with Gasteiger partial charge in [-0.2, -0.15) is 0 Å². The average molecular weight is 294 g/mol. The minimum Gasteiger partial charge on any atom is -0.370 e. The first-order valence-electron chi connectivity index (χ1n) is 6.71. The summed E-state index contributed by atoms with van der Waals surface area (Å²) in [6.45, 7) is 4.86. The number of benzene rings is 1. The maximum atomic E-state index is 13.1. The highest BCUT2D eigenvalue weighted by molar-refractivity contribution is 6.33. The summed E-state index contributed by atoms with van der Waals surface area (Å²) < 4.78 is 13.1. The van der Waals surface area contributed by atoms with E-state index in [0.29, 0.717) is 16.3 Å². The molecular weight excluding hydrogens is 277 g/mol. The lowest BCUT2D eigenvalue weighted by atomic mass is 10.1. The van der Waals surface area contributed by atoms with Crippen molar-refractivity contribution in [3.8, 4) is 11.3 Å². The van der Waals surface area contributed by atoms with Gasteiger partial charge in [0, 0.05) is 24.6 Å². The minimum absolute atomic E-state index is 0.353. The number of aryl methyl sites for hydroxylation is 1. The Morgan fingerprint density at radius 1 is 1.20 bits per heavy atom. The monoisotopic (exact) mass is 293 g/mol. The van der Waals surface area contributed by atoms with E-state index in [4.69, 9.17) is 11.6 Å². The minimum atomic E-state index is -0.353. The van der Waals surface area contributed by atoms with Crippen molar-refractivity contribution in [3.63, 3.8) is 0 Å². The summed E-state index contributed by atoms with van der Waals surface area (Å²) in [6, 6.07) is 6.16. The molecule has 0 spiro atoms. The third-order valence-corrected chi connectivity index (χ3v) is 3.12. The molecule has 20 heavy (non-hydrogen) atoms. The van der Waals surface area contributed by atoms with Crippen LogP contribution in [-0.4, -0.2) is 16.5 Å². The van der Waals surface area contributed by atoms with Gasteiger partial charge in [0.25, 0.3) is 0 Å². The van der Waals surface area contributed by atoms with Gasteiger partial charge in [0.1, 0.15) is 17.5 Å². The molecule has 0 saturated heterocycles. The number of hydrogen-bond donors (Lipinski definition) is 1. The molecule has 3 nitrogen and oxygen atoms in total. The van der Waals surface area contributed by atoms with Gasteiger partial charge < -0.3 is 5.32 Å². The van der Waals surface area contributed by atoms with Crippen LogP contribution in [-0.2, 0) is 6.42 Å². The molecule has 5 heteroatoms. The Morgan fingerprint density at radius 2 is 2.00 bits per heavy atom. The van der Waals surface area contributed by atoms with Gasteiger partial charge in [-0.15, -0.1) is 0 Å². The highest BCUT2D eigenvalue weighted by atomic mass is 35.5. The van der Waals surface area contributed by atoms with Crippen LogP contribution in [0.2, 0.25) is 5.02 Å². The molecule has 0 amide bonds. The van der Waals surface area contributed by atoms with Gasteiger partial charge in [-0.3, -0.25) is 0 Å². The highest BCUT2D eigenvalue weighted by Crippen LogP contribution is 2.28. The van der Waals surface area contributed by atoms with E-state index in [0.717, 1.165) is 31.0 Å². The molecule has 1 N–H and O–H groups in total. The fourth-order valence-corrected chi connectivity index (χ4v) is 2.20. The summed E-state index contributed by atoms with van der Waals surface area (Å²) in [5, 5.41) is 3.53. The van der Waals surface area contributed by atoms with E-state index in [1.165, 1.54) is 12.1 Å². The van der Waals surface area contributed by atoms with Crippen LogP contribution in [0, 0.1) is 5.82 Å². The van der Waals surface area contributed by atoms with E-state index in [1.54, 1.807) is 6.07 Å². The van der Waals surface area contributed by atoms with Gasteiger partial charge in [-0.25, -0.2) is 14.4 Å². The summed E-state index contributed by atoms with van der Waals surface area (Å²) in [4.78, 5) is 8.95. The van der Waals surface area contributed by atoms with Crippen molar-refractivity contribution in [3.05, 3.63) is 40.9 Å². The average Bonchev–Trinajstić information content (AvgIpc) is 2.39. The molecule has 0 unspecified atom stereocenters. The van der Waals surface area contributed by atoms with Crippen LogP contribution in [0.25, 0.3) is 11.3 Å². The zero-order chi connectivity index (χ0) is 14.5. The van der Waals surface area contributed by atoms with Crippen molar-refractivity contribution in [1.82, 2.24) is 9.97 Å². The van der Waals surface area contributed by atoms with E-state index in [2.05, 4.69) is 22.2 Å². The Hall–Kier alpha value is -1.68. The third-order valence-electron chi connectivity index (χ3n) is 2.81. The van der Waals surface area contributed by atoms with Gasteiger partial charge in [0.05, 0.1) is 10.7 Å². The molecule has 2 aromatic rings. The van der Waals surface area contributed by atoms with Gasteiger partial charge in [0.15, 0.2) is 0 Å². The fourth-order valence-electron chi connectivity index (χ4n) is 1.94. The summed E-state index contributed by atoms with van der Waals surface area (Å²) in [5.41, 5.74) is 1.43. The molecular formula is C15H17ClFN3. The predicted molar refractivity (Wildman–Crippen MR) is 80.6 cm³/mol. The third kappa shape index (κ3) is 3.45. The molecule has 1 aromatic heterocycles. The summed E-state index contributed by atoms with van der Waals surface area (Å²) >= 11 is 6.10. The lowest BCUT2D eigenvalue weighted by Gasteiger charge is -2.10. The zero-order valence-electron chi connectivity index (χ0n) is 11.6. The van der Waals surface area contributed by atoms with Crippen LogP contribution >= 0.6 is 11.6 Å². The zero-order valence-corrected chi connectivity index (χ0v) is 12.3. The highest BCUT2D eigenvalue weighted by Gasteiger charge is 2.10. The van der Waals surface area contributed by atoms with E-state index >= 15 is 0 Å². The van der Waals surface area contributed by atoms with Crippen LogP contribution in [0.4, 0.5) is 10.2 Å². The van der Waals surface area contributed by atoms with Gasteiger partial charge >= 0.3 is 0 Å². The van der Waals surface area contributed by atoms with Crippen molar-refractivity contribution in [2.75, 3.05) is 11.9 Å². The number of anilines is 1. The van der Waals surface area contributed by atoms with Crippen molar-refractivity contribution in [1.29, 1.82) is 0 Å². The van der Waals surface area contributed by atoms with Crippen molar-refractivity contribution < 1.29 is 4.39 Å². The molecule has 2 rings (SSSR count). The van der Waals surface area contributed by atoms with E-state index in [9.17, 15) is 4.39 Å². The van der Waals surface area contributed by atoms with Gasteiger partial charge in [-0.05, 0) is 31.5 Å². The number of hydrogen-bond acceptors (Lipinski definition) is 3. The number of nitrogens with one attached hydrogen (secondary N) is 1. The Bertz CT molecular complexity index is 577. The second-order valence-corrected chi connectivity index (χ2v) is 4.87. The molecule has 0 saturated carbocycles. The first-order valence-corrected chi connectivity index (χ1v) is 7.09. The predicted octanol–water partition coefficient (Wildman–Crippen LogP) is 4.32. The molecule has 1 aromatic carbocycles. The molecule has 0 fully saturated rings. The van der Waals surface area contributed by atoms with Crippen LogP contribution in [0.3, 0.4) is 0 Å². The van der Waals surface area contributed by atoms with Crippen LogP contribution in [0.1, 0.15) is 26.1 Å². The lowest BCUT2D eigenvalue weighted by Crippen LogP contribution is -2.04. The Labute approximate surface area is 123 Å². The standard InChI is InChI=1S/C15H17ClFN3/c1-3-5-14-19-13(9-15(20-14)18-4-2)11-7-6-10(17)8-12(11)16/h6-9H,3-5H2,1-2H3,(H,18,19,20). The second kappa shape index (κ2) is 6.66. The first-order chi connectivity index (χ1) is 9.63. The van der Waals surface area contributed by atoms with Crippen molar-refractivity contribution in [2.45, 2.75) is 26.7 Å². The van der Waals surface area contributed by atoms with Crippen molar-refractivity contribution in [2.24, 2.45) is 0 Å². The smallest absolute Gasteiger partial charge is 0.131 e. The maximum absolute atomic E-state index is 13.1. The number of rotatable bonds is 5. The summed E-state index contributed by atoms with van der Waals surface area (Å²) in [5.74, 6) is 1.18. The molecule has 0 radical (unpaired) electrons. The van der Waals surface area contributed by atoms with Crippen LogP contribution in [0.15, 0.2) is 24.3 Å². The van der Waals surface area contributed by atoms with E-state index < -0.39 is 0 Å². The number of aromatic nitrogens is 2. The second-order valence-electron chi connectivity index (χ2n) is 4.46. The number of halogens is 2. The Morgan fingerprint density at radius 3 is 2.65 bits per heavy atom. The normalized spacial score (nSPS) is 10.6. The SMILES string of the molecule is CCCc1nc(NCC)cc(-c2ccc(F)cc2Cl)n1. The van der Waals surface area contributed by atoms with Gasteiger partial charge in [0.2, 0.25) is 0 Å². The van der Waals surface area contributed by atoms with Crippen LogP contribution in [0.5, 0.6) is 0 Å². The van der Waals surface area contributed by atoms with E-state index in [1.807, 2.05) is 13.0 Å². The van der Waals surface area contributed by atoms with Crippen LogP contribution < -0.4 is 5.32 Å². The molecule has 0 atom stereocenters. The number of nitrogens with zero attached hydrogens (tertiary/aromatic N) is 2. The largest absolute Gasteiger partial charge is 0.370 e. The molecule has 0 aliphatic rings.